The molecule has 0 atom stereocenters. The number of piperidine rings is 1. The lowest BCUT2D eigenvalue weighted by atomic mass is 10.0. The first-order valence-corrected chi connectivity index (χ1v) is 14.6. The van der Waals surface area contributed by atoms with E-state index in [9.17, 15) is 13.2 Å². The molecule has 2 fully saturated rings. The molecule has 1 saturated carbocycles. The van der Waals surface area contributed by atoms with Crippen LogP contribution in [0.2, 0.25) is 0 Å². The van der Waals surface area contributed by atoms with Gasteiger partial charge in [0.1, 0.15) is 6.61 Å². The second-order valence-electron chi connectivity index (χ2n) is 10.1. The predicted octanol–water partition coefficient (Wildman–Crippen LogP) is 4.60. The number of amides is 1. The van der Waals surface area contributed by atoms with E-state index in [1.807, 2.05) is 41.3 Å². The zero-order valence-corrected chi connectivity index (χ0v) is 22.1. The second kappa shape index (κ2) is 12.7. The number of hydrogen-bond acceptors (Lipinski definition) is 5. The number of ether oxygens (including phenoxy) is 1. The molecule has 1 aliphatic carbocycles. The van der Waals surface area contributed by atoms with Crippen molar-refractivity contribution in [1.82, 2.24) is 14.1 Å². The Labute approximate surface area is 216 Å². The minimum Gasteiger partial charge on any atom is -0.445 e. The van der Waals surface area contributed by atoms with Gasteiger partial charge in [0.15, 0.2) is 0 Å². The van der Waals surface area contributed by atoms with Crippen LogP contribution in [0.25, 0.3) is 0 Å². The summed E-state index contributed by atoms with van der Waals surface area (Å²) in [5, 5.41) is 0. The highest BCUT2D eigenvalue weighted by atomic mass is 32.2. The number of benzene rings is 2. The highest BCUT2D eigenvalue weighted by Crippen LogP contribution is 2.32. The Hall–Kier alpha value is -2.42. The molecule has 0 N–H and O–H groups in total. The van der Waals surface area contributed by atoms with Gasteiger partial charge in [-0.1, -0.05) is 48.5 Å². The van der Waals surface area contributed by atoms with E-state index in [4.69, 9.17) is 4.74 Å². The molecular formula is C28H39N3O4S. The Kier molecular flexibility index (Phi) is 9.40. The van der Waals surface area contributed by atoms with Gasteiger partial charge in [-0.2, -0.15) is 0 Å². The molecule has 0 spiro atoms. The van der Waals surface area contributed by atoms with Crippen LogP contribution in [0.4, 0.5) is 4.79 Å². The Bertz CT molecular complexity index is 1050. The molecule has 196 valence electrons. The minimum absolute atomic E-state index is 0.188. The van der Waals surface area contributed by atoms with Crippen molar-refractivity contribution >= 4 is 16.1 Å². The van der Waals surface area contributed by atoms with Crippen LogP contribution >= 0.6 is 0 Å². The molecule has 0 bridgehead atoms. The molecule has 1 aliphatic heterocycles. The fourth-order valence-electron chi connectivity index (χ4n) is 4.77. The number of unbranched alkanes of at least 4 members (excludes halogenated alkanes) is 1. The number of hydrogen-bond donors (Lipinski definition) is 0. The maximum Gasteiger partial charge on any atom is 0.410 e. The maximum absolute atomic E-state index is 13.0. The Morgan fingerprint density at radius 2 is 1.58 bits per heavy atom. The summed E-state index contributed by atoms with van der Waals surface area (Å²) in [5.41, 5.74) is 1.01. The molecule has 2 aliphatic rings. The number of carbonyl (C=O) groups is 1. The highest BCUT2D eigenvalue weighted by Gasteiger charge is 2.34. The van der Waals surface area contributed by atoms with Crippen LogP contribution in [-0.4, -0.2) is 74.4 Å². The topological polar surface area (TPSA) is 70.2 Å². The SMILES string of the molecule is CN(CCCCN1CCC(N(CC2CC2)C(=O)OCc2ccccc2)CC1)S(=O)(=O)c1ccccc1. The van der Waals surface area contributed by atoms with Crippen LogP contribution in [0.3, 0.4) is 0 Å². The van der Waals surface area contributed by atoms with E-state index in [2.05, 4.69) is 4.90 Å². The lowest BCUT2D eigenvalue weighted by molar-refractivity contribution is 0.0582. The monoisotopic (exact) mass is 513 g/mol. The summed E-state index contributed by atoms with van der Waals surface area (Å²) >= 11 is 0. The second-order valence-corrected chi connectivity index (χ2v) is 12.1. The first kappa shape index (κ1) is 26.6. The van der Waals surface area contributed by atoms with E-state index in [0.717, 1.165) is 57.4 Å². The van der Waals surface area contributed by atoms with Gasteiger partial charge in [-0.3, -0.25) is 0 Å². The number of nitrogens with zero attached hydrogens (tertiary/aromatic N) is 3. The van der Waals surface area contributed by atoms with Gasteiger partial charge in [-0.25, -0.2) is 17.5 Å². The maximum atomic E-state index is 13.0. The summed E-state index contributed by atoms with van der Waals surface area (Å²) in [6, 6.07) is 18.7. The Balaban J connectivity index is 1.18. The van der Waals surface area contributed by atoms with Gasteiger partial charge in [-0.05, 0) is 68.7 Å². The molecule has 2 aromatic rings. The third-order valence-corrected chi connectivity index (χ3v) is 9.11. The van der Waals surface area contributed by atoms with Crippen LogP contribution in [0.1, 0.15) is 44.1 Å². The minimum atomic E-state index is -3.43. The molecular weight excluding hydrogens is 474 g/mol. The van der Waals surface area contributed by atoms with Gasteiger partial charge in [0.2, 0.25) is 10.0 Å². The lowest BCUT2D eigenvalue weighted by Crippen LogP contribution is -2.48. The van der Waals surface area contributed by atoms with E-state index in [1.165, 1.54) is 17.1 Å². The van der Waals surface area contributed by atoms with Crippen molar-refractivity contribution in [3.05, 3.63) is 66.2 Å². The van der Waals surface area contributed by atoms with Crippen molar-refractivity contribution < 1.29 is 17.9 Å². The van der Waals surface area contributed by atoms with Crippen molar-refractivity contribution in [3.8, 4) is 0 Å². The van der Waals surface area contributed by atoms with Crippen molar-refractivity contribution in [3.63, 3.8) is 0 Å². The number of likely N-dealkylation sites (tertiary alicyclic amines) is 1. The highest BCUT2D eigenvalue weighted by molar-refractivity contribution is 7.89. The standard InChI is InChI=1S/C28H39N3O4S/c1-29(36(33,34)27-12-6-3-7-13-27)18-8-9-19-30-20-16-26(17-21-30)31(22-24-14-15-24)28(32)35-23-25-10-4-2-5-11-25/h2-7,10-13,24,26H,8-9,14-23H2,1H3. The van der Waals surface area contributed by atoms with Crippen LogP contribution in [0.15, 0.2) is 65.6 Å². The molecule has 1 heterocycles. The van der Waals surface area contributed by atoms with E-state index in [1.54, 1.807) is 31.3 Å². The van der Waals surface area contributed by atoms with Gasteiger partial charge in [-0.15, -0.1) is 0 Å². The van der Waals surface area contributed by atoms with E-state index >= 15 is 0 Å². The fraction of sp³-hybridized carbons (Fsp3) is 0.536. The normalized spacial score (nSPS) is 17.3. The number of carbonyl (C=O) groups excluding carboxylic acids is 1. The summed E-state index contributed by atoms with van der Waals surface area (Å²) in [6.07, 6.45) is 5.90. The number of sulfonamides is 1. The number of rotatable bonds is 12. The van der Waals surface area contributed by atoms with Crippen LogP contribution in [0.5, 0.6) is 0 Å². The molecule has 0 unspecified atom stereocenters. The van der Waals surface area contributed by atoms with Gasteiger partial charge in [0.25, 0.3) is 0 Å². The summed E-state index contributed by atoms with van der Waals surface area (Å²) in [7, 11) is -1.77. The van der Waals surface area contributed by atoms with Crippen LogP contribution < -0.4 is 0 Å². The van der Waals surface area contributed by atoms with Crippen LogP contribution in [0, 0.1) is 5.92 Å². The first-order valence-electron chi connectivity index (χ1n) is 13.1. The molecule has 0 aromatic heterocycles. The van der Waals surface area contributed by atoms with Crippen molar-refractivity contribution in [2.24, 2.45) is 5.92 Å². The van der Waals surface area contributed by atoms with E-state index < -0.39 is 10.0 Å². The summed E-state index contributed by atoms with van der Waals surface area (Å²) < 4.78 is 32.5. The zero-order valence-electron chi connectivity index (χ0n) is 21.3. The van der Waals surface area contributed by atoms with Crippen molar-refractivity contribution in [2.45, 2.75) is 56.1 Å². The Morgan fingerprint density at radius 1 is 0.944 bits per heavy atom. The third-order valence-electron chi connectivity index (χ3n) is 7.24. The molecule has 1 amide bonds. The molecule has 1 saturated heterocycles. The molecule has 36 heavy (non-hydrogen) atoms. The van der Waals surface area contributed by atoms with E-state index in [-0.39, 0.29) is 12.1 Å². The summed E-state index contributed by atoms with van der Waals surface area (Å²) in [6.45, 7) is 4.49. The quantitative estimate of drug-likeness (QED) is 0.388. The average Bonchev–Trinajstić information content (AvgIpc) is 3.74. The zero-order chi connectivity index (χ0) is 25.4. The van der Waals surface area contributed by atoms with E-state index in [0.29, 0.717) is 24.0 Å². The van der Waals surface area contributed by atoms with Gasteiger partial charge >= 0.3 is 6.09 Å². The summed E-state index contributed by atoms with van der Waals surface area (Å²) in [4.78, 5) is 17.7. The van der Waals surface area contributed by atoms with Gasteiger partial charge in [0.05, 0.1) is 4.90 Å². The first-order chi connectivity index (χ1) is 17.4. The summed E-state index contributed by atoms with van der Waals surface area (Å²) in [5.74, 6) is 0.622. The lowest BCUT2D eigenvalue weighted by Gasteiger charge is -2.38. The van der Waals surface area contributed by atoms with Crippen molar-refractivity contribution in [2.75, 3.05) is 39.8 Å². The molecule has 4 rings (SSSR count). The predicted molar refractivity (Wildman–Crippen MR) is 141 cm³/mol. The fourth-order valence-corrected chi connectivity index (χ4v) is 6.00. The molecule has 7 nitrogen and oxygen atoms in total. The van der Waals surface area contributed by atoms with Crippen molar-refractivity contribution in [1.29, 1.82) is 0 Å². The largest absolute Gasteiger partial charge is 0.445 e. The van der Waals surface area contributed by atoms with Crippen LogP contribution in [-0.2, 0) is 21.4 Å². The molecule has 8 heteroatoms. The van der Waals surface area contributed by atoms with Gasteiger partial charge in [0, 0.05) is 39.3 Å². The van der Waals surface area contributed by atoms with Gasteiger partial charge < -0.3 is 14.5 Å². The third kappa shape index (κ3) is 7.54. The Morgan fingerprint density at radius 3 is 2.22 bits per heavy atom. The average molecular weight is 514 g/mol. The molecule has 2 aromatic carbocycles. The smallest absolute Gasteiger partial charge is 0.410 e. The molecule has 0 radical (unpaired) electrons.